The summed E-state index contributed by atoms with van der Waals surface area (Å²) < 4.78 is 7.82. The molecule has 0 saturated heterocycles. The Morgan fingerprint density at radius 3 is 2.90 bits per heavy atom. The van der Waals surface area contributed by atoms with Gasteiger partial charge in [0, 0.05) is 12.5 Å². The number of rotatable bonds is 5. The van der Waals surface area contributed by atoms with Crippen LogP contribution in [0, 0.1) is 5.92 Å². The van der Waals surface area contributed by atoms with Crippen molar-refractivity contribution in [3.8, 4) is 0 Å². The van der Waals surface area contributed by atoms with Crippen LogP contribution in [0.5, 0.6) is 0 Å². The Balaban J connectivity index is 2.12. The molecule has 5 nitrogen and oxygen atoms in total. The van der Waals surface area contributed by atoms with Crippen molar-refractivity contribution < 1.29 is 9.53 Å². The van der Waals surface area contributed by atoms with Gasteiger partial charge < -0.3 is 4.74 Å². The Hall–Kier alpha value is -1.23. The van der Waals surface area contributed by atoms with Crippen LogP contribution in [0.4, 0.5) is 0 Å². The lowest BCUT2D eigenvalue weighted by molar-refractivity contribution is -0.129. The lowest BCUT2D eigenvalue weighted by atomic mass is 9.98. The van der Waals surface area contributed by atoms with Crippen molar-refractivity contribution in [2.75, 3.05) is 6.61 Å². The van der Waals surface area contributed by atoms with E-state index >= 15 is 0 Å². The van der Waals surface area contributed by atoms with Crippen LogP contribution in [-0.2, 0) is 22.5 Å². The number of hydrogen-bond acceptors (Lipinski definition) is 4. The largest absolute Gasteiger partial charge is 0.364 e. The predicted molar refractivity (Wildman–Crippen MR) is 76.4 cm³/mol. The molecule has 1 aromatic heterocycles. The molecule has 2 rings (SSSR count). The van der Waals surface area contributed by atoms with Gasteiger partial charge in [0.2, 0.25) is 0 Å². The van der Waals surface area contributed by atoms with Crippen LogP contribution in [0.3, 0.4) is 0 Å². The van der Waals surface area contributed by atoms with Crippen LogP contribution in [0.1, 0.15) is 63.9 Å². The zero-order valence-electron chi connectivity index (χ0n) is 12.8. The summed E-state index contributed by atoms with van der Waals surface area (Å²) in [7, 11) is 0. The van der Waals surface area contributed by atoms with Gasteiger partial charge in [0.15, 0.2) is 5.78 Å². The van der Waals surface area contributed by atoms with Crippen LogP contribution < -0.4 is 0 Å². The molecule has 0 saturated carbocycles. The fourth-order valence-corrected chi connectivity index (χ4v) is 2.55. The van der Waals surface area contributed by atoms with Crippen LogP contribution >= 0.6 is 0 Å². The Bertz CT molecular complexity index is 454. The molecular formula is C15H25N3O2. The van der Waals surface area contributed by atoms with Gasteiger partial charge in [0.05, 0.1) is 5.69 Å². The molecule has 0 fully saturated rings. The molecule has 0 aliphatic heterocycles. The van der Waals surface area contributed by atoms with Crippen molar-refractivity contribution in [3.05, 3.63) is 11.4 Å². The highest BCUT2D eigenvalue weighted by molar-refractivity contribution is 5.81. The SMILES string of the molecule is CCn1nnc2c1CCCCCC2OCC(=O)C(C)C. The maximum atomic E-state index is 11.7. The van der Waals surface area contributed by atoms with Crippen LogP contribution in [-0.4, -0.2) is 27.4 Å². The van der Waals surface area contributed by atoms with Gasteiger partial charge in [-0.05, 0) is 26.2 Å². The Kier molecular flexibility index (Phi) is 5.29. The van der Waals surface area contributed by atoms with E-state index in [0.29, 0.717) is 0 Å². The normalized spacial score (nSPS) is 19.5. The van der Waals surface area contributed by atoms with E-state index in [0.717, 1.165) is 31.5 Å². The quantitative estimate of drug-likeness (QED) is 0.831. The van der Waals surface area contributed by atoms with Crippen molar-refractivity contribution in [2.45, 2.75) is 65.5 Å². The number of fused-ring (bicyclic) bond motifs is 1. The number of nitrogens with zero attached hydrogens (tertiary/aromatic N) is 3. The van der Waals surface area contributed by atoms with E-state index in [9.17, 15) is 4.79 Å². The molecule has 112 valence electrons. The summed E-state index contributed by atoms with van der Waals surface area (Å²) in [6.45, 7) is 6.90. The van der Waals surface area contributed by atoms with Crippen molar-refractivity contribution in [2.24, 2.45) is 5.92 Å². The van der Waals surface area contributed by atoms with Gasteiger partial charge in [-0.2, -0.15) is 0 Å². The molecule has 1 atom stereocenters. The third-order valence-electron chi connectivity index (χ3n) is 3.92. The smallest absolute Gasteiger partial charge is 0.161 e. The third-order valence-corrected chi connectivity index (χ3v) is 3.92. The second-order valence-corrected chi connectivity index (χ2v) is 5.76. The Morgan fingerprint density at radius 1 is 1.40 bits per heavy atom. The highest BCUT2D eigenvalue weighted by atomic mass is 16.5. The van der Waals surface area contributed by atoms with Gasteiger partial charge in [0.25, 0.3) is 0 Å². The highest BCUT2D eigenvalue weighted by Gasteiger charge is 2.24. The van der Waals surface area contributed by atoms with Crippen molar-refractivity contribution >= 4 is 5.78 Å². The third kappa shape index (κ3) is 3.45. The van der Waals surface area contributed by atoms with E-state index in [2.05, 4.69) is 17.2 Å². The van der Waals surface area contributed by atoms with E-state index < -0.39 is 0 Å². The number of ether oxygens (including phenoxy) is 1. The van der Waals surface area contributed by atoms with Gasteiger partial charge in [-0.1, -0.05) is 31.9 Å². The average molecular weight is 279 g/mol. The van der Waals surface area contributed by atoms with Crippen molar-refractivity contribution in [1.82, 2.24) is 15.0 Å². The molecule has 20 heavy (non-hydrogen) atoms. The topological polar surface area (TPSA) is 57.0 Å². The number of aryl methyl sites for hydroxylation is 1. The lowest BCUT2D eigenvalue weighted by Gasteiger charge is -2.20. The van der Waals surface area contributed by atoms with E-state index in [-0.39, 0.29) is 24.4 Å². The van der Waals surface area contributed by atoms with E-state index in [1.54, 1.807) is 0 Å². The maximum absolute atomic E-state index is 11.7. The first-order valence-corrected chi connectivity index (χ1v) is 7.70. The molecule has 0 amide bonds. The van der Waals surface area contributed by atoms with E-state index in [4.69, 9.17) is 4.74 Å². The summed E-state index contributed by atoms with van der Waals surface area (Å²) in [5.74, 6) is 0.172. The van der Waals surface area contributed by atoms with Crippen molar-refractivity contribution in [1.29, 1.82) is 0 Å². The molecule has 1 aliphatic rings. The molecule has 0 radical (unpaired) electrons. The molecule has 1 aliphatic carbocycles. The molecular weight excluding hydrogens is 254 g/mol. The average Bonchev–Trinajstić information content (AvgIpc) is 2.80. The summed E-state index contributed by atoms with van der Waals surface area (Å²) in [5.41, 5.74) is 2.14. The number of hydrogen-bond donors (Lipinski definition) is 0. The molecule has 1 unspecified atom stereocenters. The second-order valence-electron chi connectivity index (χ2n) is 5.76. The summed E-state index contributed by atoms with van der Waals surface area (Å²) >= 11 is 0. The van der Waals surface area contributed by atoms with Gasteiger partial charge >= 0.3 is 0 Å². The zero-order valence-corrected chi connectivity index (χ0v) is 12.8. The minimum Gasteiger partial charge on any atom is -0.364 e. The zero-order chi connectivity index (χ0) is 14.5. The second kappa shape index (κ2) is 6.97. The molecule has 1 aromatic rings. The molecule has 0 aromatic carbocycles. The van der Waals surface area contributed by atoms with Gasteiger partial charge in [-0.25, -0.2) is 4.68 Å². The number of aromatic nitrogens is 3. The van der Waals surface area contributed by atoms with Crippen LogP contribution in [0.2, 0.25) is 0 Å². The number of ketones is 1. The van der Waals surface area contributed by atoms with Crippen molar-refractivity contribution in [3.63, 3.8) is 0 Å². The minimum atomic E-state index is -0.0756. The standard InChI is InChI=1S/C15H25N3O2/c1-4-18-12-8-6-5-7-9-14(15(12)16-17-18)20-10-13(19)11(2)3/h11,14H,4-10H2,1-3H3. The monoisotopic (exact) mass is 279 g/mol. The molecule has 0 spiro atoms. The van der Waals surface area contributed by atoms with E-state index in [1.807, 2.05) is 18.5 Å². The van der Waals surface area contributed by atoms with Gasteiger partial charge in [-0.15, -0.1) is 5.10 Å². The van der Waals surface area contributed by atoms with E-state index in [1.165, 1.54) is 18.5 Å². The maximum Gasteiger partial charge on any atom is 0.161 e. The Morgan fingerprint density at radius 2 is 2.20 bits per heavy atom. The Labute approximate surface area is 120 Å². The number of carbonyl (C=O) groups is 1. The first kappa shape index (κ1) is 15.2. The minimum absolute atomic E-state index is 0.0225. The summed E-state index contributed by atoms with van der Waals surface area (Å²) in [5, 5.41) is 8.52. The van der Waals surface area contributed by atoms with Gasteiger partial charge in [-0.3, -0.25) is 4.79 Å². The number of Topliss-reactive ketones (excluding diaryl/α,β-unsaturated/α-hetero) is 1. The highest BCUT2D eigenvalue weighted by Crippen LogP contribution is 2.29. The summed E-state index contributed by atoms with van der Waals surface area (Å²) in [6, 6.07) is 0. The summed E-state index contributed by atoms with van der Waals surface area (Å²) in [4.78, 5) is 11.7. The predicted octanol–water partition coefficient (Wildman–Crippen LogP) is 2.70. The number of carbonyl (C=O) groups excluding carboxylic acids is 1. The first-order chi connectivity index (χ1) is 9.63. The molecule has 0 N–H and O–H groups in total. The lowest BCUT2D eigenvalue weighted by Crippen LogP contribution is -2.19. The van der Waals surface area contributed by atoms with Crippen LogP contribution in [0.15, 0.2) is 0 Å². The first-order valence-electron chi connectivity index (χ1n) is 7.70. The molecule has 0 bridgehead atoms. The fourth-order valence-electron chi connectivity index (χ4n) is 2.55. The summed E-state index contributed by atoms with van der Waals surface area (Å²) in [6.07, 6.45) is 5.37. The van der Waals surface area contributed by atoms with Gasteiger partial charge in [0.1, 0.15) is 18.4 Å². The van der Waals surface area contributed by atoms with Crippen LogP contribution in [0.25, 0.3) is 0 Å². The molecule has 5 heteroatoms. The molecule has 1 heterocycles. The fraction of sp³-hybridized carbons (Fsp3) is 0.800.